The molecule has 1 N–H and O–H groups in total. The van der Waals surface area contributed by atoms with Gasteiger partial charge in [0.1, 0.15) is 9.90 Å². The molecule has 3 aliphatic heterocycles. The van der Waals surface area contributed by atoms with E-state index < -0.39 is 9.84 Å². The first-order valence-electron chi connectivity index (χ1n) is 8.47. The molecular weight excluding hydrogens is 358 g/mol. The summed E-state index contributed by atoms with van der Waals surface area (Å²) in [6, 6.07) is 3.80. The summed E-state index contributed by atoms with van der Waals surface area (Å²) in [5.74, 6) is 0.355. The molecule has 3 aliphatic rings. The lowest BCUT2D eigenvalue weighted by Crippen LogP contribution is -2.62. The minimum absolute atomic E-state index is 0.155. The molecule has 3 saturated heterocycles. The highest BCUT2D eigenvalue weighted by Gasteiger charge is 2.40. The Kier molecular flexibility index (Phi) is 4.09. The number of nitrogens with zero attached hydrogens (tertiary/aromatic N) is 2. The number of carbonyl (C=O) groups excluding carboxylic acids is 1. The molecule has 0 aliphatic carbocycles. The third kappa shape index (κ3) is 3.07. The molecule has 2 aromatic heterocycles. The number of sulfone groups is 1. The summed E-state index contributed by atoms with van der Waals surface area (Å²) in [5, 5.41) is 3.91. The zero-order valence-electron chi connectivity index (χ0n) is 14.2. The Hall–Kier alpha value is -1.51. The van der Waals surface area contributed by atoms with Crippen molar-refractivity contribution in [3.05, 3.63) is 24.0 Å². The average Bonchev–Trinajstić information content (AvgIpc) is 3.02. The van der Waals surface area contributed by atoms with Crippen molar-refractivity contribution in [3.63, 3.8) is 0 Å². The van der Waals surface area contributed by atoms with E-state index in [0.717, 1.165) is 36.0 Å². The number of thiophene rings is 1. The lowest BCUT2D eigenvalue weighted by atomic mass is 9.79. The van der Waals surface area contributed by atoms with Gasteiger partial charge in [0.05, 0.1) is 0 Å². The second-order valence-electron chi connectivity index (χ2n) is 7.06. The highest BCUT2D eigenvalue weighted by molar-refractivity contribution is 7.92. The summed E-state index contributed by atoms with van der Waals surface area (Å²) in [6.45, 7) is 4.41. The Bertz CT molecular complexity index is 928. The van der Waals surface area contributed by atoms with Crippen molar-refractivity contribution in [1.29, 1.82) is 0 Å². The van der Waals surface area contributed by atoms with Crippen LogP contribution in [-0.4, -0.2) is 55.6 Å². The smallest absolute Gasteiger partial charge is 0.270 e. The topological polar surface area (TPSA) is 79.4 Å². The third-order valence-corrected chi connectivity index (χ3v) is 8.35. The predicted molar refractivity (Wildman–Crippen MR) is 97.7 cm³/mol. The quantitative estimate of drug-likeness (QED) is 0.881. The maximum absolute atomic E-state index is 12.7. The Labute approximate surface area is 151 Å². The molecule has 2 atom stereocenters. The normalized spacial score (nSPS) is 29.0. The van der Waals surface area contributed by atoms with Crippen molar-refractivity contribution in [2.45, 2.75) is 36.1 Å². The molecule has 3 fully saturated rings. The van der Waals surface area contributed by atoms with Gasteiger partial charge in [-0.15, -0.1) is 11.3 Å². The van der Waals surface area contributed by atoms with Crippen LogP contribution in [0.5, 0.6) is 0 Å². The first kappa shape index (κ1) is 16.9. The maximum Gasteiger partial charge on any atom is 0.270 e. The van der Waals surface area contributed by atoms with E-state index in [9.17, 15) is 13.2 Å². The largest absolute Gasteiger partial charge is 0.346 e. The Morgan fingerprint density at radius 3 is 2.68 bits per heavy atom. The molecule has 0 spiro atoms. The van der Waals surface area contributed by atoms with Crippen molar-refractivity contribution in [2.24, 2.45) is 5.92 Å². The van der Waals surface area contributed by atoms with Gasteiger partial charge in [0.15, 0.2) is 9.84 Å². The van der Waals surface area contributed by atoms with Crippen LogP contribution < -0.4 is 5.32 Å². The van der Waals surface area contributed by atoms with Gasteiger partial charge in [0, 0.05) is 34.6 Å². The molecule has 8 heteroatoms. The van der Waals surface area contributed by atoms with Crippen molar-refractivity contribution in [1.82, 2.24) is 15.2 Å². The number of fused-ring (bicyclic) bond motifs is 4. The fourth-order valence-corrected chi connectivity index (χ4v) is 6.01. The zero-order chi connectivity index (χ0) is 17.8. The van der Waals surface area contributed by atoms with E-state index >= 15 is 0 Å². The number of piperidine rings is 3. The van der Waals surface area contributed by atoms with Gasteiger partial charge in [-0.1, -0.05) is 0 Å². The van der Waals surface area contributed by atoms with Gasteiger partial charge in [0.2, 0.25) is 0 Å². The summed E-state index contributed by atoms with van der Waals surface area (Å²) >= 11 is 1.18. The van der Waals surface area contributed by atoms with Crippen LogP contribution in [0.3, 0.4) is 0 Å². The highest BCUT2D eigenvalue weighted by Crippen LogP contribution is 2.32. The predicted octanol–water partition coefficient (Wildman–Crippen LogP) is 1.91. The first-order valence-corrected chi connectivity index (χ1v) is 11.2. The summed E-state index contributed by atoms with van der Waals surface area (Å²) in [5.41, 5.74) is 0.345. The van der Waals surface area contributed by atoms with Gasteiger partial charge < -0.3 is 5.32 Å². The SMILES string of the molecule is CC1C(NC(=O)c2cc3sc(S(C)(=O)=O)cc3cn2)C2CCN1CC2. The van der Waals surface area contributed by atoms with Crippen LogP contribution in [0.4, 0.5) is 0 Å². The number of rotatable bonds is 3. The Morgan fingerprint density at radius 1 is 1.32 bits per heavy atom. The Balaban J connectivity index is 1.58. The third-order valence-electron chi connectivity index (χ3n) is 5.45. The van der Waals surface area contributed by atoms with E-state index in [0.29, 0.717) is 21.9 Å². The molecular formula is C17H21N3O3S2. The van der Waals surface area contributed by atoms with Crippen LogP contribution in [-0.2, 0) is 9.84 Å². The fraction of sp³-hybridized carbons (Fsp3) is 0.529. The molecule has 5 rings (SSSR count). The number of hydrogen-bond acceptors (Lipinski definition) is 6. The van der Waals surface area contributed by atoms with Crippen LogP contribution >= 0.6 is 11.3 Å². The lowest BCUT2D eigenvalue weighted by Gasteiger charge is -2.49. The van der Waals surface area contributed by atoms with Gasteiger partial charge in [-0.05, 0) is 50.9 Å². The van der Waals surface area contributed by atoms with Gasteiger partial charge in [-0.2, -0.15) is 0 Å². The van der Waals surface area contributed by atoms with E-state index in [1.54, 1.807) is 18.3 Å². The van der Waals surface area contributed by atoms with E-state index in [1.165, 1.54) is 17.6 Å². The van der Waals surface area contributed by atoms with Crippen LogP contribution in [0.2, 0.25) is 0 Å². The Morgan fingerprint density at radius 2 is 2.04 bits per heavy atom. The van der Waals surface area contributed by atoms with Gasteiger partial charge in [-0.25, -0.2) is 8.42 Å². The van der Waals surface area contributed by atoms with Crippen LogP contribution in [0.1, 0.15) is 30.3 Å². The fourth-order valence-electron chi connectivity index (χ4n) is 3.99. The van der Waals surface area contributed by atoms with Crippen molar-refractivity contribution in [2.75, 3.05) is 19.3 Å². The first-order chi connectivity index (χ1) is 11.8. The average molecular weight is 380 g/mol. The molecule has 0 saturated carbocycles. The molecule has 5 heterocycles. The number of pyridine rings is 1. The molecule has 2 bridgehead atoms. The minimum atomic E-state index is -3.25. The summed E-state index contributed by atoms with van der Waals surface area (Å²) < 4.78 is 24.5. The molecule has 6 nitrogen and oxygen atoms in total. The van der Waals surface area contributed by atoms with Gasteiger partial charge >= 0.3 is 0 Å². The van der Waals surface area contributed by atoms with Gasteiger partial charge in [-0.3, -0.25) is 14.7 Å². The van der Waals surface area contributed by atoms with Crippen LogP contribution in [0, 0.1) is 5.92 Å². The summed E-state index contributed by atoms with van der Waals surface area (Å²) in [4.78, 5) is 19.3. The second kappa shape index (κ2) is 6.03. The van der Waals surface area contributed by atoms with E-state index in [1.807, 2.05) is 0 Å². The molecule has 0 radical (unpaired) electrons. The summed E-state index contributed by atoms with van der Waals surface area (Å²) in [7, 11) is -3.25. The van der Waals surface area contributed by atoms with E-state index in [4.69, 9.17) is 0 Å². The van der Waals surface area contributed by atoms with E-state index in [-0.39, 0.29) is 11.9 Å². The molecule has 2 unspecified atom stereocenters. The monoisotopic (exact) mass is 379 g/mol. The van der Waals surface area contributed by atoms with Crippen molar-refractivity contribution in [3.8, 4) is 0 Å². The number of carbonyl (C=O) groups is 1. The number of amides is 1. The molecule has 2 aromatic rings. The molecule has 1 amide bonds. The maximum atomic E-state index is 12.7. The number of aromatic nitrogens is 1. The van der Waals surface area contributed by atoms with Crippen molar-refractivity contribution < 1.29 is 13.2 Å². The van der Waals surface area contributed by atoms with Gasteiger partial charge in [0.25, 0.3) is 5.91 Å². The number of nitrogens with one attached hydrogen (secondary N) is 1. The zero-order valence-corrected chi connectivity index (χ0v) is 15.9. The van der Waals surface area contributed by atoms with E-state index in [2.05, 4.69) is 22.1 Å². The summed E-state index contributed by atoms with van der Waals surface area (Å²) in [6.07, 6.45) is 5.03. The minimum Gasteiger partial charge on any atom is -0.346 e. The van der Waals surface area contributed by atoms with Crippen LogP contribution in [0.15, 0.2) is 22.5 Å². The van der Waals surface area contributed by atoms with Crippen molar-refractivity contribution >= 4 is 37.2 Å². The molecule has 25 heavy (non-hydrogen) atoms. The standard InChI is InChI=1S/C17H21N3O3S2/c1-10-16(11-3-5-20(10)6-4-11)19-17(21)13-8-14-12(9-18-13)7-15(24-14)25(2,22)23/h7-11,16H,3-6H2,1-2H3,(H,19,21). The highest BCUT2D eigenvalue weighted by atomic mass is 32.2. The lowest BCUT2D eigenvalue weighted by molar-refractivity contribution is 0.0216. The second-order valence-corrected chi connectivity index (χ2v) is 10.4. The number of hydrogen-bond donors (Lipinski definition) is 1. The molecule has 134 valence electrons. The molecule has 0 aromatic carbocycles. The van der Waals surface area contributed by atoms with Crippen LogP contribution in [0.25, 0.3) is 10.1 Å².